The molecule has 15 heavy (non-hydrogen) atoms. The maximum Gasteiger partial charge on any atom is 0.126 e. The SMILES string of the molecule is COCCC(C)Nc1ccc(N)c(C)n1. The van der Waals surface area contributed by atoms with E-state index in [0.717, 1.165) is 30.2 Å². The first kappa shape index (κ1) is 11.8. The number of aryl methyl sites for hydroxylation is 1. The molecule has 1 rings (SSSR count). The van der Waals surface area contributed by atoms with Crippen LogP contribution in [0.5, 0.6) is 0 Å². The fourth-order valence-electron chi connectivity index (χ4n) is 1.27. The minimum atomic E-state index is 0.348. The predicted octanol–water partition coefficient (Wildman–Crippen LogP) is 1.81. The van der Waals surface area contributed by atoms with Crippen molar-refractivity contribution in [3.63, 3.8) is 0 Å². The first-order chi connectivity index (χ1) is 7.13. The molecule has 4 nitrogen and oxygen atoms in total. The Morgan fingerprint density at radius 1 is 1.53 bits per heavy atom. The van der Waals surface area contributed by atoms with Gasteiger partial charge < -0.3 is 15.8 Å². The van der Waals surface area contributed by atoms with Crippen LogP contribution in [0.3, 0.4) is 0 Å². The summed E-state index contributed by atoms with van der Waals surface area (Å²) < 4.78 is 5.01. The second-order valence-corrected chi connectivity index (χ2v) is 3.70. The van der Waals surface area contributed by atoms with E-state index in [0.29, 0.717) is 6.04 Å². The van der Waals surface area contributed by atoms with Crippen molar-refractivity contribution >= 4 is 11.5 Å². The minimum absolute atomic E-state index is 0.348. The molecule has 0 bridgehead atoms. The van der Waals surface area contributed by atoms with Crippen molar-refractivity contribution in [2.75, 3.05) is 24.8 Å². The lowest BCUT2D eigenvalue weighted by atomic mass is 10.2. The monoisotopic (exact) mass is 209 g/mol. The second-order valence-electron chi connectivity index (χ2n) is 3.70. The molecule has 0 spiro atoms. The summed E-state index contributed by atoms with van der Waals surface area (Å²) in [6, 6.07) is 4.11. The van der Waals surface area contributed by atoms with Crippen LogP contribution in [-0.2, 0) is 4.74 Å². The number of hydrogen-bond acceptors (Lipinski definition) is 4. The number of anilines is 2. The van der Waals surface area contributed by atoms with Gasteiger partial charge >= 0.3 is 0 Å². The summed E-state index contributed by atoms with van der Waals surface area (Å²) in [6.45, 7) is 4.76. The normalized spacial score (nSPS) is 12.5. The van der Waals surface area contributed by atoms with Gasteiger partial charge in [0, 0.05) is 19.8 Å². The second kappa shape index (κ2) is 5.56. The molecule has 0 aliphatic rings. The molecular weight excluding hydrogens is 190 g/mol. The van der Waals surface area contributed by atoms with Crippen LogP contribution >= 0.6 is 0 Å². The smallest absolute Gasteiger partial charge is 0.126 e. The van der Waals surface area contributed by atoms with E-state index in [2.05, 4.69) is 17.2 Å². The van der Waals surface area contributed by atoms with Gasteiger partial charge in [0.25, 0.3) is 0 Å². The fourth-order valence-corrected chi connectivity index (χ4v) is 1.27. The summed E-state index contributed by atoms with van der Waals surface area (Å²) in [7, 11) is 1.71. The molecule has 1 heterocycles. The van der Waals surface area contributed by atoms with Gasteiger partial charge in [-0.3, -0.25) is 0 Å². The third-order valence-corrected chi connectivity index (χ3v) is 2.28. The Balaban J connectivity index is 2.53. The summed E-state index contributed by atoms with van der Waals surface area (Å²) in [4.78, 5) is 4.34. The zero-order valence-corrected chi connectivity index (χ0v) is 9.58. The van der Waals surface area contributed by atoms with E-state index in [1.54, 1.807) is 7.11 Å². The third kappa shape index (κ3) is 3.75. The molecule has 3 N–H and O–H groups in total. The first-order valence-corrected chi connectivity index (χ1v) is 5.12. The van der Waals surface area contributed by atoms with E-state index in [1.165, 1.54) is 0 Å². The molecule has 0 saturated carbocycles. The number of nitrogens with two attached hydrogens (primary N) is 1. The number of nitrogens with zero attached hydrogens (tertiary/aromatic N) is 1. The van der Waals surface area contributed by atoms with Gasteiger partial charge in [0.05, 0.1) is 11.4 Å². The largest absolute Gasteiger partial charge is 0.397 e. The number of rotatable bonds is 5. The number of hydrogen-bond donors (Lipinski definition) is 2. The summed E-state index contributed by atoms with van der Waals surface area (Å²) in [5, 5.41) is 3.30. The molecule has 0 amide bonds. The van der Waals surface area contributed by atoms with Gasteiger partial charge in [-0.05, 0) is 32.4 Å². The van der Waals surface area contributed by atoms with Crippen LogP contribution in [0.15, 0.2) is 12.1 Å². The maximum atomic E-state index is 5.69. The number of pyridine rings is 1. The summed E-state index contributed by atoms with van der Waals surface area (Å²) in [5.41, 5.74) is 7.28. The summed E-state index contributed by atoms with van der Waals surface area (Å²) >= 11 is 0. The highest BCUT2D eigenvalue weighted by Crippen LogP contribution is 2.13. The topological polar surface area (TPSA) is 60.2 Å². The average Bonchev–Trinajstić information content (AvgIpc) is 2.20. The van der Waals surface area contributed by atoms with Crippen LogP contribution in [0.2, 0.25) is 0 Å². The number of ether oxygens (including phenoxy) is 1. The summed E-state index contributed by atoms with van der Waals surface area (Å²) in [6.07, 6.45) is 0.960. The van der Waals surface area contributed by atoms with Crippen LogP contribution < -0.4 is 11.1 Å². The quantitative estimate of drug-likeness (QED) is 0.776. The molecule has 0 aromatic carbocycles. The van der Waals surface area contributed by atoms with Gasteiger partial charge in [0.1, 0.15) is 5.82 Å². The Kier molecular flexibility index (Phi) is 4.37. The van der Waals surface area contributed by atoms with Crippen LogP contribution in [0, 0.1) is 6.92 Å². The Morgan fingerprint density at radius 2 is 2.27 bits per heavy atom. The predicted molar refractivity (Wildman–Crippen MR) is 63.0 cm³/mol. The van der Waals surface area contributed by atoms with E-state index in [1.807, 2.05) is 19.1 Å². The fraction of sp³-hybridized carbons (Fsp3) is 0.545. The lowest BCUT2D eigenvalue weighted by Gasteiger charge is -2.14. The van der Waals surface area contributed by atoms with Crippen molar-refractivity contribution < 1.29 is 4.74 Å². The van der Waals surface area contributed by atoms with Gasteiger partial charge in [-0.1, -0.05) is 0 Å². The van der Waals surface area contributed by atoms with Crippen LogP contribution in [0.25, 0.3) is 0 Å². The Morgan fingerprint density at radius 3 is 2.87 bits per heavy atom. The van der Waals surface area contributed by atoms with Gasteiger partial charge in [-0.2, -0.15) is 0 Å². The lowest BCUT2D eigenvalue weighted by Crippen LogP contribution is -2.18. The van der Waals surface area contributed by atoms with E-state index < -0.39 is 0 Å². The van der Waals surface area contributed by atoms with Crippen molar-refractivity contribution in [1.29, 1.82) is 0 Å². The van der Waals surface area contributed by atoms with Gasteiger partial charge in [-0.15, -0.1) is 0 Å². The number of methoxy groups -OCH3 is 1. The molecule has 84 valence electrons. The van der Waals surface area contributed by atoms with E-state index in [9.17, 15) is 0 Å². The highest BCUT2D eigenvalue weighted by Gasteiger charge is 2.03. The zero-order chi connectivity index (χ0) is 11.3. The Bertz CT molecular complexity index is 315. The zero-order valence-electron chi connectivity index (χ0n) is 9.58. The van der Waals surface area contributed by atoms with Crippen LogP contribution in [0.1, 0.15) is 19.0 Å². The van der Waals surface area contributed by atoms with Crippen molar-refractivity contribution in [2.24, 2.45) is 0 Å². The molecule has 4 heteroatoms. The van der Waals surface area contributed by atoms with Crippen molar-refractivity contribution in [3.8, 4) is 0 Å². The molecule has 1 aromatic heterocycles. The number of nitrogens with one attached hydrogen (secondary N) is 1. The molecule has 0 saturated heterocycles. The summed E-state index contributed by atoms with van der Waals surface area (Å²) in [5.74, 6) is 0.866. The standard InChI is InChI=1S/C11H19N3O/c1-8(6-7-15-3)13-11-5-4-10(12)9(2)14-11/h4-5,8H,6-7,12H2,1-3H3,(H,13,14). The number of nitrogen functional groups attached to an aromatic ring is 1. The average molecular weight is 209 g/mol. The minimum Gasteiger partial charge on any atom is -0.397 e. The molecule has 0 aliphatic carbocycles. The van der Waals surface area contributed by atoms with Crippen molar-refractivity contribution in [3.05, 3.63) is 17.8 Å². The Hall–Kier alpha value is -1.29. The lowest BCUT2D eigenvalue weighted by molar-refractivity contribution is 0.191. The molecule has 0 fully saturated rings. The highest BCUT2D eigenvalue weighted by molar-refractivity contribution is 5.49. The van der Waals surface area contributed by atoms with Crippen LogP contribution in [-0.4, -0.2) is 24.7 Å². The third-order valence-electron chi connectivity index (χ3n) is 2.28. The molecule has 1 unspecified atom stereocenters. The maximum absolute atomic E-state index is 5.69. The van der Waals surface area contributed by atoms with E-state index >= 15 is 0 Å². The van der Waals surface area contributed by atoms with Crippen molar-refractivity contribution in [1.82, 2.24) is 4.98 Å². The van der Waals surface area contributed by atoms with Crippen molar-refractivity contribution in [2.45, 2.75) is 26.3 Å². The van der Waals surface area contributed by atoms with Gasteiger partial charge in [0.15, 0.2) is 0 Å². The molecule has 1 aromatic rings. The molecule has 0 radical (unpaired) electrons. The Labute approximate surface area is 90.8 Å². The van der Waals surface area contributed by atoms with Crippen LogP contribution in [0.4, 0.5) is 11.5 Å². The van der Waals surface area contributed by atoms with E-state index in [-0.39, 0.29) is 0 Å². The first-order valence-electron chi connectivity index (χ1n) is 5.12. The van der Waals surface area contributed by atoms with Gasteiger partial charge in [0.2, 0.25) is 0 Å². The molecular formula is C11H19N3O. The van der Waals surface area contributed by atoms with E-state index in [4.69, 9.17) is 10.5 Å². The number of aromatic nitrogens is 1. The molecule has 1 atom stereocenters. The highest BCUT2D eigenvalue weighted by atomic mass is 16.5. The molecule has 0 aliphatic heterocycles. The van der Waals surface area contributed by atoms with Gasteiger partial charge in [-0.25, -0.2) is 4.98 Å².